The molecule has 0 aromatic carbocycles. The Kier molecular flexibility index (Phi) is 4.77. The minimum absolute atomic E-state index is 0.139. The standard InChI is InChI=1S/C17H16ClF3N4OS/c18-13-2-1-12(26-13)15-23-14(22)11-7-10(27-16(11)24-15)8-25-5-3-9(4-6-25)17(19,20)21/h1-2,7,9H,3-6,8H2,(H2,22,23,24). The molecule has 3 aromatic rings. The molecule has 3 aromatic heterocycles. The molecule has 0 amide bonds. The number of furan rings is 1. The number of thiophene rings is 1. The summed E-state index contributed by atoms with van der Waals surface area (Å²) in [5.74, 6) is -0.0785. The molecule has 0 spiro atoms. The SMILES string of the molecule is Nc1nc(-c2ccc(Cl)o2)nc2sc(CN3CCC(C(F)(F)F)CC3)cc12. The van der Waals surface area contributed by atoms with Crippen molar-refractivity contribution in [3.63, 3.8) is 0 Å². The van der Waals surface area contributed by atoms with Gasteiger partial charge in [0.25, 0.3) is 0 Å². The van der Waals surface area contributed by atoms with Gasteiger partial charge in [-0.1, -0.05) is 0 Å². The molecule has 1 aliphatic rings. The highest BCUT2D eigenvalue weighted by atomic mass is 35.5. The van der Waals surface area contributed by atoms with Crippen molar-refractivity contribution < 1.29 is 17.6 Å². The van der Waals surface area contributed by atoms with Gasteiger partial charge in [0.2, 0.25) is 0 Å². The maximum Gasteiger partial charge on any atom is 0.391 e. The summed E-state index contributed by atoms with van der Waals surface area (Å²) in [5, 5.41) is 0.975. The maximum atomic E-state index is 12.8. The van der Waals surface area contributed by atoms with Crippen LogP contribution in [0, 0.1) is 5.92 Å². The van der Waals surface area contributed by atoms with E-state index < -0.39 is 12.1 Å². The van der Waals surface area contributed by atoms with Crippen molar-refractivity contribution in [3.05, 3.63) is 28.3 Å². The van der Waals surface area contributed by atoms with Crippen LogP contribution in [-0.2, 0) is 6.54 Å². The number of aromatic nitrogens is 2. The number of halogens is 4. The summed E-state index contributed by atoms with van der Waals surface area (Å²) in [4.78, 5) is 12.5. The average molecular weight is 417 g/mol. The van der Waals surface area contributed by atoms with Gasteiger partial charge in [0.15, 0.2) is 16.8 Å². The first-order chi connectivity index (χ1) is 12.8. The summed E-state index contributed by atoms with van der Waals surface area (Å²) in [6.07, 6.45) is -3.82. The Bertz CT molecular complexity index is 963. The Morgan fingerprint density at radius 1 is 1.26 bits per heavy atom. The fraction of sp³-hybridized carbons (Fsp3) is 0.412. The van der Waals surface area contributed by atoms with Gasteiger partial charge in [-0.25, -0.2) is 9.97 Å². The van der Waals surface area contributed by atoms with E-state index >= 15 is 0 Å². The van der Waals surface area contributed by atoms with Crippen LogP contribution < -0.4 is 5.73 Å². The van der Waals surface area contributed by atoms with Crippen molar-refractivity contribution in [2.75, 3.05) is 18.8 Å². The third kappa shape index (κ3) is 3.90. The molecule has 0 unspecified atom stereocenters. The molecule has 0 radical (unpaired) electrons. The van der Waals surface area contributed by atoms with E-state index in [1.165, 1.54) is 11.3 Å². The number of nitrogen functional groups attached to an aromatic ring is 1. The summed E-state index contributed by atoms with van der Waals surface area (Å²) in [6, 6.07) is 5.18. The van der Waals surface area contributed by atoms with Crippen LogP contribution in [0.5, 0.6) is 0 Å². The van der Waals surface area contributed by atoms with Crippen LogP contribution in [0.3, 0.4) is 0 Å². The number of rotatable bonds is 3. The van der Waals surface area contributed by atoms with E-state index in [4.69, 9.17) is 21.8 Å². The second-order valence-electron chi connectivity index (χ2n) is 6.56. The van der Waals surface area contributed by atoms with Crippen LogP contribution in [0.15, 0.2) is 22.6 Å². The topological polar surface area (TPSA) is 68.2 Å². The molecule has 1 aliphatic heterocycles. The lowest BCUT2D eigenvalue weighted by Gasteiger charge is -2.32. The summed E-state index contributed by atoms with van der Waals surface area (Å²) < 4.78 is 43.7. The molecule has 0 aliphatic carbocycles. The lowest BCUT2D eigenvalue weighted by molar-refractivity contribution is -0.185. The number of hydrogen-bond donors (Lipinski definition) is 1. The molecular formula is C17H16ClF3N4OS. The molecule has 0 bridgehead atoms. The largest absolute Gasteiger partial charge is 0.441 e. The fourth-order valence-corrected chi connectivity index (χ4v) is 4.48. The van der Waals surface area contributed by atoms with Crippen LogP contribution in [0.1, 0.15) is 17.7 Å². The van der Waals surface area contributed by atoms with E-state index in [-0.39, 0.29) is 18.1 Å². The third-order valence-corrected chi connectivity index (χ3v) is 5.91. The van der Waals surface area contributed by atoms with E-state index in [1.807, 2.05) is 11.0 Å². The molecular weight excluding hydrogens is 401 g/mol. The average Bonchev–Trinajstić information content (AvgIpc) is 3.20. The van der Waals surface area contributed by atoms with Gasteiger partial charge in [0.05, 0.1) is 11.3 Å². The maximum absolute atomic E-state index is 12.8. The minimum atomic E-state index is -4.10. The molecule has 1 saturated heterocycles. The van der Waals surface area contributed by atoms with Crippen LogP contribution in [-0.4, -0.2) is 34.1 Å². The number of anilines is 1. The van der Waals surface area contributed by atoms with Crippen LogP contribution >= 0.6 is 22.9 Å². The van der Waals surface area contributed by atoms with E-state index in [0.29, 0.717) is 41.9 Å². The van der Waals surface area contributed by atoms with Gasteiger partial charge in [-0.2, -0.15) is 13.2 Å². The first-order valence-electron chi connectivity index (χ1n) is 8.40. The Hall–Kier alpha value is -1.84. The molecule has 1 fully saturated rings. The summed E-state index contributed by atoms with van der Waals surface area (Å²) in [6.45, 7) is 1.43. The molecule has 4 heterocycles. The van der Waals surface area contributed by atoms with Crippen molar-refractivity contribution in [2.24, 2.45) is 5.92 Å². The number of alkyl halides is 3. The monoisotopic (exact) mass is 416 g/mol. The summed E-state index contributed by atoms with van der Waals surface area (Å²) in [7, 11) is 0. The van der Waals surface area contributed by atoms with Gasteiger partial charge in [-0.3, -0.25) is 4.90 Å². The summed E-state index contributed by atoms with van der Waals surface area (Å²) >= 11 is 7.25. The van der Waals surface area contributed by atoms with Crippen LogP contribution in [0.25, 0.3) is 21.8 Å². The molecule has 4 rings (SSSR count). The van der Waals surface area contributed by atoms with E-state index in [2.05, 4.69) is 9.97 Å². The van der Waals surface area contributed by atoms with Gasteiger partial charge in [-0.15, -0.1) is 11.3 Å². The van der Waals surface area contributed by atoms with Gasteiger partial charge < -0.3 is 10.2 Å². The predicted octanol–water partition coefficient (Wildman–Crippen LogP) is 4.96. The fourth-order valence-electron chi connectivity index (χ4n) is 3.25. The van der Waals surface area contributed by atoms with Crippen molar-refractivity contribution >= 4 is 39.0 Å². The third-order valence-electron chi connectivity index (χ3n) is 4.70. The Labute approximate surface area is 161 Å². The lowest BCUT2D eigenvalue weighted by atomic mass is 9.96. The Morgan fingerprint density at radius 2 is 2.00 bits per heavy atom. The molecule has 0 atom stereocenters. The van der Waals surface area contributed by atoms with Gasteiger partial charge in [0.1, 0.15) is 10.6 Å². The van der Waals surface area contributed by atoms with Crippen molar-refractivity contribution in [2.45, 2.75) is 25.6 Å². The second kappa shape index (κ2) is 6.96. The highest BCUT2D eigenvalue weighted by Gasteiger charge is 2.41. The van der Waals surface area contributed by atoms with E-state index in [9.17, 15) is 13.2 Å². The number of nitrogens with two attached hydrogens (primary N) is 1. The number of piperidine rings is 1. The molecule has 10 heteroatoms. The van der Waals surface area contributed by atoms with Crippen molar-refractivity contribution in [3.8, 4) is 11.6 Å². The van der Waals surface area contributed by atoms with Crippen LogP contribution in [0.2, 0.25) is 5.22 Å². The highest BCUT2D eigenvalue weighted by molar-refractivity contribution is 7.18. The van der Waals surface area contributed by atoms with E-state index in [0.717, 1.165) is 10.3 Å². The zero-order chi connectivity index (χ0) is 19.2. The first kappa shape index (κ1) is 18.5. The number of fused-ring (bicyclic) bond motifs is 1. The molecule has 144 valence electrons. The molecule has 0 saturated carbocycles. The Balaban J connectivity index is 1.51. The smallest absolute Gasteiger partial charge is 0.391 e. The first-order valence-corrected chi connectivity index (χ1v) is 9.60. The second-order valence-corrected chi connectivity index (χ2v) is 8.05. The lowest BCUT2D eigenvalue weighted by Crippen LogP contribution is -2.38. The van der Waals surface area contributed by atoms with Gasteiger partial charge in [-0.05, 0) is 55.7 Å². The zero-order valence-electron chi connectivity index (χ0n) is 14.1. The minimum Gasteiger partial charge on any atom is -0.441 e. The number of hydrogen-bond acceptors (Lipinski definition) is 6. The van der Waals surface area contributed by atoms with Crippen molar-refractivity contribution in [1.82, 2.24) is 14.9 Å². The van der Waals surface area contributed by atoms with Crippen LogP contribution in [0.4, 0.5) is 19.0 Å². The van der Waals surface area contributed by atoms with Gasteiger partial charge >= 0.3 is 6.18 Å². The quantitative estimate of drug-likeness (QED) is 0.653. The van der Waals surface area contributed by atoms with Crippen molar-refractivity contribution in [1.29, 1.82) is 0 Å². The molecule has 5 nitrogen and oxygen atoms in total. The molecule has 2 N–H and O–H groups in total. The number of nitrogens with zero attached hydrogens (tertiary/aromatic N) is 3. The predicted molar refractivity (Wildman–Crippen MR) is 98.6 cm³/mol. The zero-order valence-corrected chi connectivity index (χ0v) is 15.7. The van der Waals surface area contributed by atoms with E-state index in [1.54, 1.807) is 12.1 Å². The summed E-state index contributed by atoms with van der Waals surface area (Å²) in [5.41, 5.74) is 6.06. The van der Waals surface area contributed by atoms with Gasteiger partial charge in [0, 0.05) is 11.4 Å². The highest BCUT2D eigenvalue weighted by Crippen LogP contribution is 2.36. The number of likely N-dealkylation sites (tertiary alicyclic amines) is 1. The molecule has 27 heavy (non-hydrogen) atoms. The Morgan fingerprint density at radius 3 is 2.63 bits per heavy atom. The normalized spacial score (nSPS) is 17.0.